The summed E-state index contributed by atoms with van der Waals surface area (Å²) in [5.74, 6) is 0.0437. The van der Waals surface area contributed by atoms with Gasteiger partial charge >= 0.3 is 0 Å². The predicted molar refractivity (Wildman–Crippen MR) is 92.5 cm³/mol. The van der Waals surface area contributed by atoms with Crippen LogP contribution in [0, 0.1) is 0 Å². The molecule has 0 spiro atoms. The van der Waals surface area contributed by atoms with Crippen LogP contribution in [-0.4, -0.2) is 49.0 Å². The Balaban J connectivity index is 1.80. The van der Waals surface area contributed by atoms with E-state index in [1.807, 2.05) is 29.2 Å². The summed E-state index contributed by atoms with van der Waals surface area (Å²) in [5, 5.41) is 1.60. The van der Waals surface area contributed by atoms with Gasteiger partial charge < -0.3 is 14.8 Å². The summed E-state index contributed by atoms with van der Waals surface area (Å²) in [4.78, 5) is 31.9. The summed E-state index contributed by atoms with van der Waals surface area (Å²) in [6.45, 7) is 3.49. The molecule has 0 unspecified atom stereocenters. The summed E-state index contributed by atoms with van der Waals surface area (Å²) in [7, 11) is 2.15. The molecule has 23 heavy (non-hydrogen) atoms. The highest BCUT2D eigenvalue weighted by Gasteiger charge is 2.24. The summed E-state index contributed by atoms with van der Waals surface area (Å²) in [5.41, 5.74) is 0.686. The van der Waals surface area contributed by atoms with Crippen molar-refractivity contribution in [2.24, 2.45) is 0 Å². The molecule has 4 rings (SSSR count). The van der Waals surface area contributed by atoms with E-state index in [-0.39, 0.29) is 11.5 Å². The number of para-hydroxylation sites is 1. The fraction of sp³-hybridized carbons (Fsp3) is 0.294. The molecule has 2 N–H and O–H groups in total. The van der Waals surface area contributed by atoms with Gasteiger partial charge in [-0.1, -0.05) is 18.2 Å². The highest BCUT2D eigenvalue weighted by molar-refractivity contribution is 7.21. The number of thiophene rings is 1. The molecule has 0 saturated carbocycles. The van der Waals surface area contributed by atoms with E-state index in [0.717, 1.165) is 41.8 Å². The third-order valence-electron chi connectivity index (χ3n) is 4.51. The smallest absolute Gasteiger partial charge is 0.264 e. The first-order chi connectivity index (χ1) is 11.1. The normalized spacial score (nSPS) is 16.3. The number of hydrogen-bond acceptors (Lipinski definition) is 3. The zero-order chi connectivity index (χ0) is 16.0. The first-order valence-electron chi connectivity index (χ1n) is 7.78. The summed E-state index contributed by atoms with van der Waals surface area (Å²) in [6.07, 6.45) is 0. The van der Waals surface area contributed by atoms with Gasteiger partial charge in [-0.2, -0.15) is 0 Å². The van der Waals surface area contributed by atoms with E-state index in [1.54, 1.807) is 6.07 Å². The van der Waals surface area contributed by atoms with E-state index in [1.165, 1.54) is 16.2 Å². The molecule has 6 heteroatoms. The number of aromatic amines is 1. The second-order valence-corrected chi connectivity index (χ2v) is 7.15. The fourth-order valence-corrected chi connectivity index (χ4v) is 4.25. The molecule has 3 heterocycles. The Morgan fingerprint density at radius 3 is 2.74 bits per heavy atom. The molecule has 5 nitrogen and oxygen atoms in total. The van der Waals surface area contributed by atoms with E-state index in [9.17, 15) is 9.59 Å². The standard InChI is InChI=1S/C17H17N3O2S/c1-19-6-8-20(9-7-19)17(22)14-10-12-15(23-14)11-4-2-3-5-13(11)18-16(12)21/h2-5,10H,6-9H2,1H3,(H,18,21)/p+1. The average molecular weight is 328 g/mol. The van der Waals surface area contributed by atoms with Gasteiger partial charge in [0, 0.05) is 15.6 Å². The SMILES string of the molecule is C[NH+]1CCN(C(=O)c2cc3c(=O)[nH]c4ccccc4c3s2)CC1. The number of likely N-dealkylation sites (N-methyl/N-ethyl adjacent to an activating group) is 1. The summed E-state index contributed by atoms with van der Waals surface area (Å²) in [6, 6.07) is 9.47. The first-order valence-corrected chi connectivity index (χ1v) is 8.60. The molecule has 1 saturated heterocycles. The fourth-order valence-electron chi connectivity index (χ4n) is 3.09. The van der Waals surface area contributed by atoms with Crippen molar-refractivity contribution in [2.75, 3.05) is 33.2 Å². The van der Waals surface area contributed by atoms with Crippen molar-refractivity contribution < 1.29 is 9.69 Å². The van der Waals surface area contributed by atoms with Crippen LogP contribution in [0.5, 0.6) is 0 Å². The maximum absolute atomic E-state index is 12.7. The van der Waals surface area contributed by atoms with Crippen LogP contribution < -0.4 is 10.5 Å². The molecule has 0 bridgehead atoms. The number of rotatable bonds is 1. The van der Waals surface area contributed by atoms with Crippen LogP contribution in [0.15, 0.2) is 35.1 Å². The van der Waals surface area contributed by atoms with Crippen LogP contribution in [0.2, 0.25) is 0 Å². The van der Waals surface area contributed by atoms with Crippen molar-refractivity contribution in [3.05, 3.63) is 45.6 Å². The molecular formula is C17H18N3O2S+. The second-order valence-electron chi connectivity index (χ2n) is 6.10. The highest BCUT2D eigenvalue weighted by Crippen LogP contribution is 2.30. The lowest BCUT2D eigenvalue weighted by molar-refractivity contribution is -0.883. The van der Waals surface area contributed by atoms with E-state index in [2.05, 4.69) is 12.0 Å². The van der Waals surface area contributed by atoms with Gasteiger partial charge in [0.05, 0.1) is 43.5 Å². The Kier molecular flexibility index (Phi) is 3.43. The minimum absolute atomic E-state index is 0.0437. The quantitative estimate of drug-likeness (QED) is 0.691. The maximum Gasteiger partial charge on any atom is 0.264 e. The number of hydrogen-bond donors (Lipinski definition) is 2. The zero-order valence-electron chi connectivity index (χ0n) is 12.9. The third kappa shape index (κ3) is 2.44. The van der Waals surface area contributed by atoms with Gasteiger partial charge in [-0.05, 0) is 12.1 Å². The monoisotopic (exact) mass is 328 g/mol. The molecule has 0 radical (unpaired) electrons. The molecule has 3 aromatic rings. The van der Waals surface area contributed by atoms with E-state index in [0.29, 0.717) is 10.3 Å². The lowest BCUT2D eigenvalue weighted by Crippen LogP contribution is -3.12. The van der Waals surface area contributed by atoms with E-state index in [4.69, 9.17) is 0 Å². The van der Waals surface area contributed by atoms with Crippen LogP contribution in [0.3, 0.4) is 0 Å². The molecular weight excluding hydrogens is 310 g/mol. The summed E-state index contributed by atoms with van der Waals surface area (Å²) < 4.78 is 0.896. The lowest BCUT2D eigenvalue weighted by Gasteiger charge is -2.29. The predicted octanol–water partition coefficient (Wildman–Crippen LogP) is 0.713. The van der Waals surface area contributed by atoms with Crippen molar-refractivity contribution in [3.8, 4) is 0 Å². The second kappa shape index (κ2) is 5.47. The van der Waals surface area contributed by atoms with Crippen LogP contribution in [-0.2, 0) is 0 Å². The van der Waals surface area contributed by atoms with Crippen LogP contribution in [0.4, 0.5) is 0 Å². The number of amides is 1. The molecule has 0 aliphatic carbocycles. The maximum atomic E-state index is 12.7. The Labute approximate surface area is 137 Å². The molecule has 0 atom stereocenters. The number of carbonyl (C=O) groups excluding carboxylic acids is 1. The van der Waals surface area contributed by atoms with Gasteiger partial charge in [0.2, 0.25) is 0 Å². The molecule has 2 aromatic heterocycles. The number of quaternary nitrogens is 1. The number of fused-ring (bicyclic) bond motifs is 3. The van der Waals surface area contributed by atoms with Gasteiger partial charge in [0.1, 0.15) is 0 Å². The number of aromatic nitrogens is 1. The van der Waals surface area contributed by atoms with Crippen molar-refractivity contribution in [1.29, 1.82) is 0 Å². The van der Waals surface area contributed by atoms with E-state index < -0.39 is 0 Å². The molecule has 1 aliphatic heterocycles. The van der Waals surface area contributed by atoms with Crippen molar-refractivity contribution in [3.63, 3.8) is 0 Å². The Bertz CT molecular complexity index is 951. The van der Waals surface area contributed by atoms with Crippen molar-refractivity contribution >= 4 is 38.2 Å². The van der Waals surface area contributed by atoms with Crippen LogP contribution in [0.25, 0.3) is 21.0 Å². The zero-order valence-corrected chi connectivity index (χ0v) is 13.7. The number of H-pyrrole nitrogens is 1. The van der Waals surface area contributed by atoms with Crippen LogP contribution >= 0.6 is 11.3 Å². The van der Waals surface area contributed by atoms with Gasteiger partial charge in [-0.3, -0.25) is 9.59 Å². The number of pyridine rings is 1. The Morgan fingerprint density at radius 2 is 1.96 bits per heavy atom. The van der Waals surface area contributed by atoms with Gasteiger partial charge in [0.15, 0.2) is 0 Å². The molecule has 1 aromatic carbocycles. The third-order valence-corrected chi connectivity index (χ3v) is 5.67. The number of carbonyl (C=O) groups is 1. The minimum Gasteiger partial charge on any atom is -0.334 e. The van der Waals surface area contributed by atoms with Crippen molar-refractivity contribution in [1.82, 2.24) is 9.88 Å². The minimum atomic E-state index is -0.128. The molecule has 1 amide bonds. The molecule has 1 aliphatic rings. The first kappa shape index (κ1) is 14.4. The van der Waals surface area contributed by atoms with Gasteiger partial charge in [-0.25, -0.2) is 0 Å². The Hall–Kier alpha value is -2.18. The van der Waals surface area contributed by atoms with Gasteiger partial charge in [0.25, 0.3) is 11.5 Å². The number of nitrogens with one attached hydrogen (secondary N) is 2. The van der Waals surface area contributed by atoms with Gasteiger partial charge in [-0.15, -0.1) is 11.3 Å². The van der Waals surface area contributed by atoms with E-state index >= 15 is 0 Å². The van der Waals surface area contributed by atoms with Crippen molar-refractivity contribution in [2.45, 2.75) is 0 Å². The number of nitrogens with zero attached hydrogens (tertiary/aromatic N) is 1. The Morgan fingerprint density at radius 1 is 1.22 bits per heavy atom. The number of piperazine rings is 1. The highest BCUT2D eigenvalue weighted by atomic mass is 32.1. The largest absolute Gasteiger partial charge is 0.334 e. The lowest BCUT2D eigenvalue weighted by atomic mass is 10.2. The average Bonchev–Trinajstić information content (AvgIpc) is 3.01. The summed E-state index contributed by atoms with van der Waals surface area (Å²) >= 11 is 1.43. The number of benzene rings is 1. The van der Waals surface area contributed by atoms with Crippen LogP contribution in [0.1, 0.15) is 9.67 Å². The topological polar surface area (TPSA) is 57.6 Å². The molecule has 118 valence electrons. The molecule has 1 fully saturated rings.